The molecule has 0 aliphatic heterocycles. The van der Waals surface area contributed by atoms with Gasteiger partial charge in [-0.05, 0) is 12.8 Å². The highest BCUT2D eigenvalue weighted by molar-refractivity contribution is 7.80. The fraction of sp³-hybridized carbons (Fsp3) is 0.500. The van der Waals surface area contributed by atoms with Crippen molar-refractivity contribution >= 4 is 23.1 Å². The van der Waals surface area contributed by atoms with Gasteiger partial charge in [-0.25, -0.2) is 0 Å². The SMILES string of the molecule is Cn1cc(CNC(=O)C2(C(N)=S)CC2)cn1. The molecule has 1 fully saturated rings. The number of nitrogens with two attached hydrogens (primary N) is 1. The Labute approximate surface area is 99.0 Å². The summed E-state index contributed by atoms with van der Waals surface area (Å²) >= 11 is 4.91. The molecule has 0 radical (unpaired) electrons. The van der Waals surface area contributed by atoms with Crippen molar-refractivity contribution in [3.63, 3.8) is 0 Å². The lowest BCUT2D eigenvalue weighted by Crippen LogP contribution is -2.39. The molecule has 5 nitrogen and oxygen atoms in total. The highest BCUT2D eigenvalue weighted by Gasteiger charge is 2.52. The summed E-state index contributed by atoms with van der Waals surface area (Å²) in [7, 11) is 1.84. The number of nitrogens with one attached hydrogen (secondary N) is 1. The van der Waals surface area contributed by atoms with E-state index in [0.29, 0.717) is 11.5 Å². The minimum Gasteiger partial charge on any atom is -0.392 e. The van der Waals surface area contributed by atoms with E-state index >= 15 is 0 Å². The van der Waals surface area contributed by atoms with Crippen LogP contribution in [-0.4, -0.2) is 20.7 Å². The Morgan fingerprint density at radius 3 is 2.88 bits per heavy atom. The summed E-state index contributed by atoms with van der Waals surface area (Å²) < 4.78 is 1.70. The summed E-state index contributed by atoms with van der Waals surface area (Å²) in [4.78, 5) is 12.1. The topological polar surface area (TPSA) is 72.9 Å². The van der Waals surface area contributed by atoms with E-state index in [-0.39, 0.29) is 5.91 Å². The van der Waals surface area contributed by atoms with Gasteiger partial charge in [0.15, 0.2) is 0 Å². The van der Waals surface area contributed by atoms with Crippen LogP contribution in [0.2, 0.25) is 0 Å². The van der Waals surface area contributed by atoms with Crippen LogP contribution < -0.4 is 11.1 Å². The molecular weight excluding hydrogens is 224 g/mol. The van der Waals surface area contributed by atoms with Gasteiger partial charge in [-0.3, -0.25) is 9.48 Å². The van der Waals surface area contributed by atoms with Crippen molar-refractivity contribution in [3.05, 3.63) is 18.0 Å². The first kappa shape index (κ1) is 11.1. The maximum absolute atomic E-state index is 11.8. The molecule has 0 unspecified atom stereocenters. The Hall–Kier alpha value is -1.43. The van der Waals surface area contributed by atoms with Gasteiger partial charge in [0.25, 0.3) is 0 Å². The van der Waals surface area contributed by atoms with Gasteiger partial charge in [0.05, 0.1) is 16.6 Å². The van der Waals surface area contributed by atoms with E-state index in [1.807, 2.05) is 13.2 Å². The van der Waals surface area contributed by atoms with E-state index in [0.717, 1.165) is 18.4 Å². The number of hydrogen-bond donors (Lipinski definition) is 2. The number of aromatic nitrogens is 2. The van der Waals surface area contributed by atoms with Crippen LogP contribution in [0.25, 0.3) is 0 Å². The summed E-state index contributed by atoms with van der Waals surface area (Å²) in [5.41, 5.74) is 5.96. The van der Waals surface area contributed by atoms with Crippen LogP contribution in [-0.2, 0) is 18.4 Å². The molecule has 0 spiro atoms. The third-order valence-corrected chi connectivity index (χ3v) is 3.26. The summed E-state index contributed by atoms with van der Waals surface area (Å²) in [5, 5.41) is 6.86. The van der Waals surface area contributed by atoms with Crippen LogP contribution in [0.1, 0.15) is 18.4 Å². The first-order chi connectivity index (χ1) is 7.54. The van der Waals surface area contributed by atoms with Crippen LogP contribution in [0.3, 0.4) is 0 Å². The smallest absolute Gasteiger partial charge is 0.233 e. The lowest BCUT2D eigenvalue weighted by atomic mass is 10.1. The average molecular weight is 238 g/mol. The Morgan fingerprint density at radius 1 is 1.75 bits per heavy atom. The van der Waals surface area contributed by atoms with Crippen molar-refractivity contribution in [2.45, 2.75) is 19.4 Å². The maximum Gasteiger partial charge on any atom is 0.233 e. The molecule has 0 aromatic carbocycles. The zero-order chi connectivity index (χ0) is 11.8. The third-order valence-electron chi connectivity index (χ3n) is 2.87. The summed E-state index contributed by atoms with van der Waals surface area (Å²) in [5.74, 6) is -0.0659. The largest absolute Gasteiger partial charge is 0.392 e. The molecule has 1 saturated carbocycles. The Kier molecular flexibility index (Phi) is 2.67. The van der Waals surface area contributed by atoms with Crippen molar-refractivity contribution in [2.24, 2.45) is 18.2 Å². The first-order valence-electron chi connectivity index (χ1n) is 5.10. The predicted octanol–water partition coefficient (Wildman–Crippen LogP) is 0.103. The zero-order valence-electron chi connectivity index (χ0n) is 9.06. The number of nitrogens with zero attached hydrogens (tertiary/aromatic N) is 2. The van der Waals surface area contributed by atoms with Gasteiger partial charge in [-0.15, -0.1) is 0 Å². The maximum atomic E-state index is 11.8. The van der Waals surface area contributed by atoms with Crippen LogP contribution in [0.5, 0.6) is 0 Å². The Balaban J connectivity index is 1.92. The predicted molar refractivity (Wildman–Crippen MR) is 63.5 cm³/mol. The van der Waals surface area contributed by atoms with Gasteiger partial charge >= 0.3 is 0 Å². The molecule has 6 heteroatoms. The standard InChI is InChI=1S/C10H14N4OS/c1-14-6-7(5-13-14)4-12-9(15)10(2-3-10)8(11)16/h5-6H,2-4H2,1H3,(H2,11,16)(H,12,15). The number of rotatable bonds is 4. The van der Waals surface area contributed by atoms with Crippen molar-refractivity contribution in [1.29, 1.82) is 0 Å². The van der Waals surface area contributed by atoms with Crippen molar-refractivity contribution in [3.8, 4) is 0 Å². The summed E-state index contributed by atoms with van der Waals surface area (Å²) in [6, 6.07) is 0. The monoisotopic (exact) mass is 238 g/mol. The normalized spacial score (nSPS) is 16.8. The van der Waals surface area contributed by atoms with Crippen molar-refractivity contribution < 1.29 is 4.79 Å². The minimum atomic E-state index is -0.572. The van der Waals surface area contributed by atoms with E-state index in [2.05, 4.69) is 10.4 Å². The van der Waals surface area contributed by atoms with Crippen LogP contribution in [0, 0.1) is 5.41 Å². The number of carbonyl (C=O) groups is 1. The first-order valence-corrected chi connectivity index (χ1v) is 5.51. The molecular formula is C10H14N4OS. The van der Waals surface area contributed by atoms with E-state index in [4.69, 9.17) is 18.0 Å². The molecule has 16 heavy (non-hydrogen) atoms. The van der Waals surface area contributed by atoms with Gasteiger partial charge in [-0.1, -0.05) is 12.2 Å². The second-order valence-electron chi connectivity index (χ2n) is 4.15. The second-order valence-corrected chi connectivity index (χ2v) is 4.59. The van der Waals surface area contributed by atoms with Crippen LogP contribution in [0.15, 0.2) is 12.4 Å². The fourth-order valence-corrected chi connectivity index (χ4v) is 1.92. The number of carbonyl (C=O) groups excluding carboxylic acids is 1. The molecule has 3 N–H and O–H groups in total. The number of thiocarbonyl (C=S) groups is 1. The minimum absolute atomic E-state index is 0.0659. The molecule has 1 aliphatic carbocycles. The number of aryl methyl sites for hydroxylation is 1. The van der Waals surface area contributed by atoms with Gasteiger partial charge in [0.1, 0.15) is 0 Å². The molecule has 0 atom stereocenters. The second kappa shape index (κ2) is 3.86. The van der Waals surface area contributed by atoms with E-state index < -0.39 is 5.41 Å². The molecule has 1 heterocycles. The fourth-order valence-electron chi connectivity index (χ4n) is 1.63. The van der Waals surface area contributed by atoms with Gasteiger partial charge in [0.2, 0.25) is 5.91 Å². The number of amides is 1. The molecule has 1 aliphatic rings. The lowest BCUT2D eigenvalue weighted by Gasteiger charge is -2.12. The lowest BCUT2D eigenvalue weighted by molar-refractivity contribution is -0.124. The van der Waals surface area contributed by atoms with Gasteiger partial charge in [-0.2, -0.15) is 5.10 Å². The zero-order valence-corrected chi connectivity index (χ0v) is 9.88. The number of hydrogen-bond acceptors (Lipinski definition) is 3. The van der Waals surface area contributed by atoms with E-state index in [9.17, 15) is 4.79 Å². The van der Waals surface area contributed by atoms with Crippen molar-refractivity contribution in [2.75, 3.05) is 0 Å². The van der Waals surface area contributed by atoms with Crippen molar-refractivity contribution in [1.82, 2.24) is 15.1 Å². The van der Waals surface area contributed by atoms with E-state index in [1.165, 1.54) is 0 Å². The highest BCUT2D eigenvalue weighted by atomic mass is 32.1. The summed E-state index contributed by atoms with van der Waals surface area (Å²) in [6.07, 6.45) is 5.11. The molecule has 2 rings (SSSR count). The van der Waals surface area contributed by atoms with Gasteiger partial charge in [0, 0.05) is 25.4 Å². The summed E-state index contributed by atoms with van der Waals surface area (Å²) in [6.45, 7) is 0.469. The van der Waals surface area contributed by atoms with Crippen LogP contribution in [0.4, 0.5) is 0 Å². The van der Waals surface area contributed by atoms with Gasteiger partial charge < -0.3 is 11.1 Å². The average Bonchev–Trinajstić information content (AvgIpc) is 2.95. The molecule has 1 amide bonds. The molecule has 0 bridgehead atoms. The Morgan fingerprint density at radius 2 is 2.44 bits per heavy atom. The quantitative estimate of drug-likeness (QED) is 0.730. The molecule has 0 saturated heterocycles. The van der Waals surface area contributed by atoms with Crippen LogP contribution >= 0.6 is 12.2 Å². The van der Waals surface area contributed by atoms with E-state index in [1.54, 1.807) is 10.9 Å². The highest BCUT2D eigenvalue weighted by Crippen LogP contribution is 2.46. The molecule has 1 aromatic heterocycles. The molecule has 1 aromatic rings. The molecule has 86 valence electrons. The third kappa shape index (κ3) is 1.92. The Bertz CT molecular complexity index is 436.